The van der Waals surface area contributed by atoms with Crippen LogP contribution in [0, 0.1) is 0 Å². The number of anilines is 1. The first kappa shape index (κ1) is 46.8. The zero-order valence-corrected chi connectivity index (χ0v) is 32.0. The molecule has 0 heterocycles. The van der Waals surface area contributed by atoms with E-state index >= 15 is 0 Å². The molecule has 2 aromatic rings. The van der Waals surface area contributed by atoms with E-state index in [1.165, 1.54) is 0 Å². The number of ether oxygens (including phenoxy) is 11. The van der Waals surface area contributed by atoms with Gasteiger partial charge in [-0.2, -0.15) is 0 Å². The summed E-state index contributed by atoms with van der Waals surface area (Å²) in [6.45, 7) is 11.9. The van der Waals surface area contributed by atoms with Crippen molar-refractivity contribution in [1.82, 2.24) is 5.32 Å². The van der Waals surface area contributed by atoms with Crippen LogP contribution in [0.5, 0.6) is 0 Å². The zero-order chi connectivity index (χ0) is 38.4. The van der Waals surface area contributed by atoms with E-state index in [1.807, 2.05) is 42.5 Å². The van der Waals surface area contributed by atoms with Crippen molar-refractivity contribution in [2.75, 3.05) is 144 Å². The molecular formula is C39H62N2O13. The van der Waals surface area contributed by atoms with Crippen LogP contribution in [0.1, 0.15) is 35.7 Å². The highest BCUT2D eigenvalue weighted by atomic mass is 16.6. The van der Waals surface area contributed by atoms with Crippen LogP contribution in [0.15, 0.2) is 54.6 Å². The van der Waals surface area contributed by atoms with Gasteiger partial charge in [-0.15, -0.1) is 0 Å². The molecule has 0 aliphatic heterocycles. The average molecular weight is 767 g/mol. The number of carbonyl (C=O) groups is 2. The maximum atomic E-state index is 12.1. The number of esters is 1. The van der Waals surface area contributed by atoms with E-state index < -0.39 is 6.09 Å². The van der Waals surface area contributed by atoms with E-state index in [0.29, 0.717) is 131 Å². The van der Waals surface area contributed by atoms with Crippen molar-refractivity contribution in [3.8, 4) is 0 Å². The molecule has 0 saturated carbocycles. The van der Waals surface area contributed by atoms with Gasteiger partial charge in [0, 0.05) is 18.8 Å². The van der Waals surface area contributed by atoms with Gasteiger partial charge in [-0.3, -0.25) is 0 Å². The Labute approximate surface area is 320 Å². The molecule has 0 radical (unpaired) electrons. The number of amides is 1. The fourth-order valence-corrected chi connectivity index (χ4v) is 4.27. The molecule has 2 N–H and O–H groups in total. The Morgan fingerprint density at radius 3 is 1.35 bits per heavy atom. The van der Waals surface area contributed by atoms with Gasteiger partial charge in [0.05, 0.1) is 124 Å². The Balaban J connectivity index is 1.18. The molecule has 1 amide bonds. The SMILES string of the molecule is CCCCNc1ccc(C(=O)OCCOCCOCCOCCOCCOCCOCCOCCOCCOCCNC(=O)OCc2ccccc2)cc1. The van der Waals surface area contributed by atoms with Crippen molar-refractivity contribution in [2.24, 2.45) is 0 Å². The fraction of sp³-hybridized carbons (Fsp3) is 0.641. The number of hydrogen-bond donors (Lipinski definition) is 2. The van der Waals surface area contributed by atoms with Gasteiger partial charge < -0.3 is 62.7 Å². The number of nitrogens with one attached hydrogen (secondary N) is 2. The van der Waals surface area contributed by atoms with E-state index in [1.54, 1.807) is 12.1 Å². The highest BCUT2D eigenvalue weighted by molar-refractivity contribution is 5.89. The molecular weight excluding hydrogens is 704 g/mol. The van der Waals surface area contributed by atoms with Gasteiger partial charge in [-0.1, -0.05) is 43.7 Å². The minimum Gasteiger partial charge on any atom is -0.460 e. The molecule has 2 rings (SSSR count). The Morgan fingerprint density at radius 2 is 0.907 bits per heavy atom. The summed E-state index contributed by atoms with van der Waals surface area (Å²) < 4.78 is 59.6. The second-order valence-electron chi connectivity index (χ2n) is 11.5. The number of rotatable bonds is 37. The summed E-state index contributed by atoms with van der Waals surface area (Å²) in [6.07, 6.45) is 1.76. The average Bonchev–Trinajstić information content (AvgIpc) is 3.19. The number of hydrogen-bond acceptors (Lipinski definition) is 14. The molecule has 0 atom stereocenters. The number of benzene rings is 2. The first-order valence-electron chi connectivity index (χ1n) is 18.8. The summed E-state index contributed by atoms with van der Waals surface area (Å²) in [5.41, 5.74) is 2.44. The monoisotopic (exact) mass is 766 g/mol. The lowest BCUT2D eigenvalue weighted by Gasteiger charge is -2.09. The fourth-order valence-electron chi connectivity index (χ4n) is 4.27. The maximum absolute atomic E-state index is 12.1. The third-order valence-electron chi connectivity index (χ3n) is 7.15. The van der Waals surface area contributed by atoms with Crippen LogP contribution in [0.2, 0.25) is 0 Å². The third kappa shape index (κ3) is 28.1. The van der Waals surface area contributed by atoms with Gasteiger partial charge in [0.1, 0.15) is 13.2 Å². The lowest BCUT2D eigenvalue weighted by molar-refractivity contribution is -0.0258. The van der Waals surface area contributed by atoms with Crippen LogP contribution >= 0.6 is 0 Å². The molecule has 0 spiro atoms. The Hall–Kier alpha value is -3.38. The topological polar surface area (TPSA) is 160 Å². The van der Waals surface area contributed by atoms with Gasteiger partial charge in [-0.05, 0) is 36.2 Å². The van der Waals surface area contributed by atoms with Crippen LogP contribution in [-0.2, 0) is 58.7 Å². The number of carbonyl (C=O) groups excluding carboxylic acids is 2. The van der Waals surface area contributed by atoms with Crippen LogP contribution in [0.4, 0.5) is 10.5 Å². The number of alkyl carbamates (subject to hydrolysis) is 1. The smallest absolute Gasteiger partial charge is 0.407 e. The van der Waals surface area contributed by atoms with Crippen molar-refractivity contribution in [2.45, 2.75) is 26.4 Å². The summed E-state index contributed by atoms with van der Waals surface area (Å²) >= 11 is 0. The van der Waals surface area contributed by atoms with E-state index in [-0.39, 0.29) is 19.2 Å². The summed E-state index contributed by atoms with van der Waals surface area (Å²) in [5, 5.41) is 5.96. The Bertz CT molecular complexity index is 1150. The predicted octanol–water partition coefficient (Wildman–Crippen LogP) is 4.13. The summed E-state index contributed by atoms with van der Waals surface area (Å²) in [5.74, 6) is -0.366. The van der Waals surface area contributed by atoms with Gasteiger partial charge in [0.25, 0.3) is 0 Å². The summed E-state index contributed by atoms with van der Waals surface area (Å²) in [6, 6.07) is 16.8. The quantitative estimate of drug-likeness (QED) is 0.0747. The second kappa shape index (κ2) is 35.3. The van der Waals surface area contributed by atoms with Crippen molar-refractivity contribution < 1.29 is 61.7 Å². The molecule has 54 heavy (non-hydrogen) atoms. The van der Waals surface area contributed by atoms with Gasteiger partial charge >= 0.3 is 12.1 Å². The highest BCUT2D eigenvalue weighted by Crippen LogP contribution is 2.11. The van der Waals surface area contributed by atoms with Gasteiger partial charge in [0.2, 0.25) is 0 Å². The lowest BCUT2D eigenvalue weighted by Crippen LogP contribution is -2.28. The van der Waals surface area contributed by atoms with E-state index in [0.717, 1.165) is 30.6 Å². The normalized spacial score (nSPS) is 11.1. The zero-order valence-electron chi connectivity index (χ0n) is 32.0. The highest BCUT2D eigenvalue weighted by Gasteiger charge is 2.07. The molecule has 15 heteroatoms. The minimum atomic E-state index is -0.473. The third-order valence-corrected chi connectivity index (χ3v) is 7.15. The van der Waals surface area contributed by atoms with Gasteiger partial charge in [-0.25, -0.2) is 9.59 Å². The molecule has 0 bridgehead atoms. The molecule has 0 unspecified atom stereocenters. The molecule has 0 fully saturated rings. The van der Waals surface area contributed by atoms with Crippen LogP contribution in [-0.4, -0.2) is 151 Å². The molecule has 0 aliphatic carbocycles. The van der Waals surface area contributed by atoms with Crippen molar-refractivity contribution in [1.29, 1.82) is 0 Å². The first-order valence-corrected chi connectivity index (χ1v) is 18.8. The molecule has 0 aromatic heterocycles. The molecule has 15 nitrogen and oxygen atoms in total. The van der Waals surface area contributed by atoms with Crippen LogP contribution < -0.4 is 10.6 Å². The van der Waals surface area contributed by atoms with E-state index in [2.05, 4.69) is 17.6 Å². The molecule has 0 aliphatic rings. The minimum absolute atomic E-state index is 0.184. The van der Waals surface area contributed by atoms with Crippen LogP contribution in [0.25, 0.3) is 0 Å². The van der Waals surface area contributed by atoms with E-state index in [4.69, 9.17) is 52.1 Å². The molecule has 306 valence electrons. The van der Waals surface area contributed by atoms with E-state index in [9.17, 15) is 9.59 Å². The standard InChI is InChI=1S/C39H62N2O13/c1-2-3-13-40-37-11-9-36(10-12-37)38(42)53-33-32-52-31-30-51-29-28-50-27-26-49-25-24-48-23-22-47-21-20-46-19-18-45-17-16-44-15-14-41-39(43)54-34-35-7-5-4-6-8-35/h4-12,40H,2-3,13-34H2,1H3,(H,41,43). The van der Waals surface area contributed by atoms with Crippen molar-refractivity contribution in [3.63, 3.8) is 0 Å². The van der Waals surface area contributed by atoms with Crippen LogP contribution in [0.3, 0.4) is 0 Å². The number of unbranched alkanes of at least 4 members (excludes halogenated alkanes) is 1. The Morgan fingerprint density at radius 1 is 0.481 bits per heavy atom. The summed E-state index contributed by atoms with van der Waals surface area (Å²) in [4.78, 5) is 23.8. The maximum Gasteiger partial charge on any atom is 0.407 e. The van der Waals surface area contributed by atoms with Crippen molar-refractivity contribution in [3.05, 3.63) is 65.7 Å². The lowest BCUT2D eigenvalue weighted by atomic mass is 10.2. The summed E-state index contributed by atoms with van der Waals surface area (Å²) in [7, 11) is 0. The van der Waals surface area contributed by atoms with Gasteiger partial charge in [0.15, 0.2) is 0 Å². The second-order valence-corrected chi connectivity index (χ2v) is 11.5. The predicted molar refractivity (Wildman–Crippen MR) is 202 cm³/mol. The Kier molecular flexibility index (Phi) is 30.6. The van der Waals surface area contributed by atoms with Crippen molar-refractivity contribution >= 4 is 17.7 Å². The first-order chi connectivity index (χ1) is 26.7. The molecule has 2 aromatic carbocycles. The molecule has 0 saturated heterocycles. The largest absolute Gasteiger partial charge is 0.460 e.